The lowest BCUT2D eigenvalue weighted by Crippen LogP contribution is -2.38. The van der Waals surface area contributed by atoms with Crippen LogP contribution in [-0.4, -0.2) is 21.9 Å². The standard InChI is InChI=1S/C30H25ClFN3O3S/c1-19-27(29(37)38-17-21-7-3-2-4-8-21)28(24-9-5-6-10-25(24)31)35-23(18-39-30(35)34-19)15-26(36)33-16-20-11-13-22(32)14-12-20/h2-14,18,28H,15-17H2,1H3,(H,33,36)/t28-/m0/s1. The van der Waals surface area contributed by atoms with Crippen molar-refractivity contribution in [2.45, 2.75) is 32.5 Å². The molecule has 39 heavy (non-hydrogen) atoms. The topological polar surface area (TPSA) is 71.0 Å². The number of fused-ring (bicyclic) bond motifs is 1. The third-order valence-corrected chi connectivity index (χ3v) is 7.61. The van der Waals surface area contributed by atoms with Crippen molar-refractivity contribution in [3.63, 3.8) is 0 Å². The van der Waals surface area contributed by atoms with Gasteiger partial charge in [-0.15, -0.1) is 0 Å². The van der Waals surface area contributed by atoms with E-state index in [2.05, 4.69) is 10.3 Å². The molecule has 0 saturated heterocycles. The van der Waals surface area contributed by atoms with Gasteiger partial charge in [-0.05, 0) is 47.2 Å². The number of thioether (sulfide) groups is 1. The fourth-order valence-electron chi connectivity index (χ4n) is 4.45. The van der Waals surface area contributed by atoms with Gasteiger partial charge in [0.15, 0.2) is 5.17 Å². The van der Waals surface area contributed by atoms with E-state index in [1.54, 1.807) is 25.1 Å². The number of amides is 1. The Bertz CT molecular complexity index is 1490. The minimum Gasteiger partial charge on any atom is -0.457 e. The van der Waals surface area contributed by atoms with Gasteiger partial charge < -0.3 is 15.0 Å². The van der Waals surface area contributed by atoms with Gasteiger partial charge in [0.05, 0.1) is 23.7 Å². The smallest absolute Gasteiger partial charge is 0.338 e. The van der Waals surface area contributed by atoms with Crippen LogP contribution in [-0.2, 0) is 27.5 Å². The van der Waals surface area contributed by atoms with Crippen molar-refractivity contribution in [2.75, 3.05) is 0 Å². The molecular weight excluding hydrogens is 537 g/mol. The Morgan fingerprint density at radius 2 is 1.74 bits per heavy atom. The van der Waals surface area contributed by atoms with Gasteiger partial charge in [0.25, 0.3) is 0 Å². The minimum absolute atomic E-state index is 0.0551. The van der Waals surface area contributed by atoms with E-state index in [-0.39, 0.29) is 31.3 Å². The third-order valence-electron chi connectivity index (χ3n) is 6.38. The summed E-state index contributed by atoms with van der Waals surface area (Å²) in [6.45, 7) is 2.16. The normalized spacial score (nSPS) is 16.4. The van der Waals surface area contributed by atoms with Gasteiger partial charge in [-0.1, -0.05) is 84.0 Å². The van der Waals surface area contributed by atoms with E-state index < -0.39 is 12.0 Å². The number of carbonyl (C=O) groups excluding carboxylic acids is 2. The lowest BCUT2D eigenvalue weighted by Gasteiger charge is -2.36. The molecule has 0 radical (unpaired) electrons. The van der Waals surface area contributed by atoms with E-state index in [4.69, 9.17) is 16.3 Å². The first-order valence-electron chi connectivity index (χ1n) is 12.3. The highest BCUT2D eigenvalue weighted by molar-refractivity contribution is 8.16. The van der Waals surface area contributed by atoms with Gasteiger partial charge in [0.2, 0.25) is 5.91 Å². The van der Waals surface area contributed by atoms with E-state index in [0.29, 0.717) is 32.7 Å². The molecule has 2 aliphatic heterocycles. The van der Waals surface area contributed by atoms with Crippen LogP contribution in [0.3, 0.4) is 0 Å². The van der Waals surface area contributed by atoms with E-state index >= 15 is 0 Å². The highest BCUT2D eigenvalue weighted by atomic mass is 35.5. The molecule has 1 N–H and O–H groups in total. The number of aliphatic imine (C=N–C) groups is 1. The van der Waals surface area contributed by atoms with Crippen molar-refractivity contribution in [1.29, 1.82) is 0 Å². The van der Waals surface area contributed by atoms with Crippen LogP contribution in [0.15, 0.2) is 106 Å². The van der Waals surface area contributed by atoms with Crippen molar-refractivity contribution in [2.24, 2.45) is 4.99 Å². The number of hydrogen-bond donors (Lipinski definition) is 1. The second-order valence-electron chi connectivity index (χ2n) is 9.06. The number of benzene rings is 3. The summed E-state index contributed by atoms with van der Waals surface area (Å²) in [6, 6.07) is 22.1. The number of nitrogens with zero attached hydrogens (tertiary/aromatic N) is 2. The zero-order valence-electron chi connectivity index (χ0n) is 21.1. The van der Waals surface area contributed by atoms with Crippen molar-refractivity contribution < 1.29 is 18.7 Å². The van der Waals surface area contributed by atoms with Gasteiger partial charge in [-0.2, -0.15) is 0 Å². The molecule has 1 amide bonds. The summed E-state index contributed by atoms with van der Waals surface area (Å²) in [5.41, 5.74) is 3.94. The number of hydrogen-bond acceptors (Lipinski definition) is 6. The van der Waals surface area contributed by atoms with Gasteiger partial charge in [-0.25, -0.2) is 14.2 Å². The van der Waals surface area contributed by atoms with Crippen molar-refractivity contribution in [3.8, 4) is 0 Å². The molecule has 2 aliphatic rings. The van der Waals surface area contributed by atoms with Crippen LogP contribution in [0.1, 0.15) is 36.1 Å². The quantitative estimate of drug-likeness (QED) is 0.318. The SMILES string of the molecule is CC1=C(C(=O)OCc2ccccc2)[C@H](c2ccccc2Cl)N2C(CC(=O)NCc3ccc(F)cc3)=CSC2=N1. The second kappa shape index (κ2) is 11.9. The largest absolute Gasteiger partial charge is 0.457 e. The summed E-state index contributed by atoms with van der Waals surface area (Å²) >= 11 is 8.03. The number of ether oxygens (including phenoxy) is 1. The molecule has 0 saturated carbocycles. The van der Waals surface area contributed by atoms with Gasteiger partial charge in [-0.3, -0.25) is 4.79 Å². The van der Waals surface area contributed by atoms with Crippen LogP contribution in [0.2, 0.25) is 5.02 Å². The molecule has 9 heteroatoms. The zero-order valence-corrected chi connectivity index (χ0v) is 22.6. The number of nitrogens with one attached hydrogen (secondary N) is 1. The van der Waals surface area contributed by atoms with Gasteiger partial charge >= 0.3 is 5.97 Å². The molecule has 0 aromatic heterocycles. The maximum atomic E-state index is 13.5. The van der Waals surface area contributed by atoms with E-state index in [1.807, 2.05) is 58.8 Å². The molecule has 0 fully saturated rings. The summed E-state index contributed by atoms with van der Waals surface area (Å²) < 4.78 is 18.9. The maximum Gasteiger partial charge on any atom is 0.338 e. The molecule has 198 valence electrons. The van der Waals surface area contributed by atoms with Gasteiger partial charge in [0, 0.05) is 17.3 Å². The van der Waals surface area contributed by atoms with Crippen LogP contribution >= 0.6 is 23.4 Å². The highest BCUT2D eigenvalue weighted by Crippen LogP contribution is 2.46. The number of carbonyl (C=O) groups is 2. The maximum absolute atomic E-state index is 13.5. The van der Waals surface area contributed by atoms with Crippen LogP contribution in [0.5, 0.6) is 0 Å². The summed E-state index contributed by atoms with van der Waals surface area (Å²) in [6.07, 6.45) is 0.0551. The molecule has 1 atom stereocenters. The Morgan fingerprint density at radius 3 is 2.49 bits per heavy atom. The van der Waals surface area contributed by atoms with Crippen molar-refractivity contribution >= 4 is 40.4 Å². The van der Waals surface area contributed by atoms with Crippen molar-refractivity contribution in [1.82, 2.24) is 10.2 Å². The Hall–Kier alpha value is -3.88. The highest BCUT2D eigenvalue weighted by Gasteiger charge is 2.41. The first-order chi connectivity index (χ1) is 18.9. The number of amidine groups is 1. The van der Waals surface area contributed by atoms with Crippen LogP contribution in [0.25, 0.3) is 0 Å². The second-order valence-corrected chi connectivity index (χ2v) is 10.3. The van der Waals surface area contributed by atoms with E-state index in [0.717, 1.165) is 11.1 Å². The van der Waals surface area contributed by atoms with Crippen LogP contribution in [0.4, 0.5) is 4.39 Å². The molecule has 0 aliphatic carbocycles. The lowest BCUT2D eigenvalue weighted by atomic mass is 9.93. The van der Waals surface area contributed by atoms with E-state index in [1.165, 1.54) is 23.9 Å². The molecule has 5 rings (SSSR count). The van der Waals surface area contributed by atoms with Crippen LogP contribution in [0, 0.1) is 5.82 Å². The third kappa shape index (κ3) is 6.08. The average molecular weight is 562 g/mol. The van der Waals surface area contributed by atoms with Crippen LogP contribution < -0.4 is 5.32 Å². The first-order valence-corrected chi connectivity index (χ1v) is 13.6. The predicted octanol–water partition coefficient (Wildman–Crippen LogP) is 6.50. The molecule has 0 bridgehead atoms. The minimum atomic E-state index is -0.624. The average Bonchev–Trinajstić information content (AvgIpc) is 3.33. The Kier molecular flexibility index (Phi) is 8.14. The summed E-state index contributed by atoms with van der Waals surface area (Å²) in [5.74, 6) is -1.05. The number of halogens is 2. The Morgan fingerprint density at radius 1 is 1.03 bits per heavy atom. The fourth-order valence-corrected chi connectivity index (χ4v) is 5.66. The molecule has 6 nitrogen and oxygen atoms in total. The monoisotopic (exact) mass is 561 g/mol. The molecule has 0 spiro atoms. The van der Waals surface area contributed by atoms with E-state index in [9.17, 15) is 14.0 Å². The molecule has 0 unspecified atom stereocenters. The number of allylic oxidation sites excluding steroid dienone is 1. The van der Waals surface area contributed by atoms with Crippen molar-refractivity contribution in [3.05, 3.63) is 129 Å². The molecule has 2 heterocycles. The molecule has 3 aromatic carbocycles. The summed E-state index contributed by atoms with van der Waals surface area (Å²) in [4.78, 5) is 33.0. The number of rotatable bonds is 8. The fraction of sp³-hybridized carbons (Fsp3) is 0.167. The summed E-state index contributed by atoms with van der Waals surface area (Å²) in [5, 5.41) is 5.89. The molecule has 3 aromatic rings. The Labute approximate surface area is 235 Å². The zero-order chi connectivity index (χ0) is 27.4. The Balaban J connectivity index is 1.39. The predicted molar refractivity (Wildman–Crippen MR) is 151 cm³/mol. The number of esters is 1. The molecular formula is C30H25ClFN3O3S. The first kappa shape index (κ1) is 26.7. The lowest BCUT2D eigenvalue weighted by molar-refractivity contribution is -0.141. The van der Waals surface area contributed by atoms with Gasteiger partial charge in [0.1, 0.15) is 12.4 Å². The summed E-state index contributed by atoms with van der Waals surface area (Å²) in [7, 11) is 0.